The molecule has 0 saturated carbocycles. The average molecular weight is 321 g/mol. The molecule has 1 aliphatic carbocycles. The van der Waals surface area contributed by atoms with Crippen LogP contribution in [0.1, 0.15) is 36.8 Å². The maximum atomic E-state index is 5.25. The quantitative estimate of drug-likeness (QED) is 0.736. The Bertz CT molecular complexity index is 645. The lowest BCUT2D eigenvalue weighted by Crippen LogP contribution is -2.30. The van der Waals surface area contributed by atoms with Crippen molar-refractivity contribution in [1.82, 2.24) is 5.32 Å². The molecule has 0 bridgehead atoms. The highest BCUT2D eigenvalue weighted by Crippen LogP contribution is 2.28. The predicted molar refractivity (Wildman–Crippen MR) is 101 cm³/mol. The van der Waals surface area contributed by atoms with E-state index in [4.69, 9.17) is 4.74 Å². The lowest BCUT2D eigenvalue weighted by molar-refractivity contribution is 0.415. The number of hydrogen-bond donors (Lipinski definition) is 1. The van der Waals surface area contributed by atoms with Crippen LogP contribution >= 0.6 is 0 Å². The minimum Gasteiger partial charge on any atom is -0.497 e. The highest BCUT2D eigenvalue weighted by atomic mass is 16.5. The van der Waals surface area contributed by atoms with Gasteiger partial charge in [0.2, 0.25) is 0 Å². The van der Waals surface area contributed by atoms with Crippen molar-refractivity contribution in [2.45, 2.75) is 38.1 Å². The van der Waals surface area contributed by atoms with E-state index in [1.807, 2.05) is 12.1 Å². The molecular weight excluding hydrogens is 294 g/mol. The van der Waals surface area contributed by atoms with Crippen molar-refractivity contribution >= 4 is 5.57 Å². The third kappa shape index (κ3) is 4.72. The maximum absolute atomic E-state index is 5.25. The molecule has 0 radical (unpaired) electrons. The molecule has 1 N–H and O–H groups in total. The van der Waals surface area contributed by atoms with Crippen molar-refractivity contribution in [2.75, 3.05) is 13.7 Å². The number of hydrogen-bond acceptors (Lipinski definition) is 2. The van der Waals surface area contributed by atoms with Crippen molar-refractivity contribution in [1.29, 1.82) is 0 Å². The standard InChI is InChI=1S/C22H27NO/c1-24-22-14-12-19(13-15-22)20-10-5-11-21(17-20)23-16-6-9-18-7-3-2-4-8-18/h2-4,7-8,12-15,17,21,23H,5-6,9-11,16H2,1H3. The van der Waals surface area contributed by atoms with Crippen LogP contribution in [-0.4, -0.2) is 19.7 Å². The highest BCUT2D eigenvalue weighted by Gasteiger charge is 2.14. The summed E-state index contributed by atoms with van der Waals surface area (Å²) in [5, 5.41) is 3.71. The molecule has 0 spiro atoms. The first-order chi connectivity index (χ1) is 11.8. The van der Waals surface area contributed by atoms with Gasteiger partial charge < -0.3 is 10.1 Å². The molecule has 2 nitrogen and oxygen atoms in total. The monoisotopic (exact) mass is 321 g/mol. The van der Waals surface area contributed by atoms with E-state index in [1.165, 1.54) is 42.4 Å². The largest absolute Gasteiger partial charge is 0.497 e. The number of ether oxygens (including phenoxy) is 1. The van der Waals surface area contributed by atoms with Gasteiger partial charge in [0.1, 0.15) is 5.75 Å². The van der Waals surface area contributed by atoms with Crippen LogP contribution in [0, 0.1) is 0 Å². The number of benzene rings is 2. The van der Waals surface area contributed by atoms with Crippen molar-refractivity contribution in [3.63, 3.8) is 0 Å². The zero-order valence-electron chi connectivity index (χ0n) is 14.5. The van der Waals surface area contributed by atoms with E-state index in [0.29, 0.717) is 6.04 Å². The molecule has 0 aliphatic heterocycles. The van der Waals surface area contributed by atoms with Gasteiger partial charge in [-0.15, -0.1) is 0 Å². The van der Waals surface area contributed by atoms with E-state index in [9.17, 15) is 0 Å². The molecule has 2 heteroatoms. The number of methoxy groups -OCH3 is 1. The highest BCUT2D eigenvalue weighted by molar-refractivity contribution is 5.67. The molecule has 126 valence electrons. The Balaban J connectivity index is 1.50. The van der Waals surface area contributed by atoms with Gasteiger partial charge in [0.15, 0.2) is 0 Å². The summed E-state index contributed by atoms with van der Waals surface area (Å²) in [5.41, 5.74) is 4.22. The lowest BCUT2D eigenvalue weighted by atomic mass is 9.91. The van der Waals surface area contributed by atoms with Crippen LogP contribution in [0.3, 0.4) is 0 Å². The van der Waals surface area contributed by atoms with Crippen LogP contribution in [0.2, 0.25) is 0 Å². The normalized spacial score (nSPS) is 17.4. The molecule has 0 aromatic heterocycles. The van der Waals surface area contributed by atoms with Crippen LogP contribution in [-0.2, 0) is 6.42 Å². The summed E-state index contributed by atoms with van der Waals surface area (Å²) in [6, 6.07) is 19.7. The van der Waals surface area contributed by atoms with Crippen molar-refractivity contribution in [3.05, 3.63) is 71.8 Å². The first-order valence-corrected chi connectivity index (χ1v) is 8.97. The molecule has 1 unspecified atom stereocenters. The molecule has 0 fully saturated rings. The van der Waals surface area contributed by atoms with E-state index >= 15 is 0 Å². The third-order valence-corrected chi connectivity index (χ3v) is 4.72. The number of allylic oxidation sites excluding steroid dienone is 1. The summed E-state index contributed by atoms with van der Waals surface area (Å²) in [5.74, 6) is 0.922. The first kappa shape index (κ1) is 16.8. The van der Waals surface area contributed by atoms with Crippen LogP contribution in [0.25, 0.3) is 5.57 Å². The number of nitrogens with one attached hydrogen (secondary N) is 1. The Morgan fingerprint density at radius 1 is 1.04 bits per heavy atom. The average Bonchev–Trinajstić information content (AvgIpc) is 2.66. The molecule has 2 aromatic carbocycles. The second-order valence-corrected chi connectivity index (χ2v) is 6.46. The summed E-state index contributed by atoms with van der Waals surface area (Å²) < 4.78 is 5.25. The zero-order chi connectivity index (χ0) is 16.6. The maximum Gasteiger partial charge on any atom is 0.118 e. The second kappa shape index (κ2) is 8.70. The van der Waals surface area contributed by atoms with Gasteiger partial charge in [0, 0.05) is 6.04 Å². The van der Waals surface area contributed by atoms with E-state index in [-0.39, 0.29) is 0 Å². The van der Waals surface area contributed by atoms with Gasteiger partial charge in [-0.1, -0.05) is 48.5 Å². The molecule has 0 heterocycles. The van der Waals surface area contributed by atoms with Crippen molar-refractivity contribution in [2.24, 2.45) is 0 Å². The van der Waals surface area contributed by atoms with Gasteiger partial charge in [-0.25, -0.2) is 0 Å². The Morgan fingerprint density at radius 2 is 1.83 bits per heavy atom. The molecule has 24 heavy (non-hydrogen) atoms. The summed E-state index contributed by atoms with van der Waals surface area (Å²) in [6.45, 7) is 1.08. The summed E-state index contributed by atoms with van der Waals surface area (Å²) in [6.07, 6.45) is 8.43. The van der Waals surface area contributed by atoms with Crippen molar-refractivity contribution in [3.8, 4) is 5.75 Å². The van der Waals surface area contributed by atoms with E-state index < -0.39 is 0 Å². The smallest absolute Gasteiger partial charge is 0.118 e. The lowest BCUT2D eigenvalue weighted by Gasteiger charge is -2.22. The van der Waals surface area contributed by atoms with Crippen molar-refractivity contribution < 1.29 is 4.74 Å². The molecule has 0 saturated heterocycles. The molecule has 2 aromatic rings. The molecular formula is C22H27NO. The van der Waals surface area contributed by atoms with Crippen LogP contribution < -0.4 is 10.1 Å². The summed E-state index contributed by atoms with van der Waals surface area (Å²) in [7, 11) is 1.71. The third-order valence-electron chi connectivity index (χ3n) is 4.72. The Kier molecular flexibility index (Phi) is 6.08. The second-order valence-electron chi connectivity index (χ2n) is 6.46. The van der Waals surface area contributed by atoms with Crippen LogP contribution in [0.4, 0.5) is 0 Å². The fourth-order valence-electron chi connectivity index (χ4n) is 3.35. The van der Waals surface area contributed by atoms with Gasteiger partial charge in [0.25, 0.3) is 0 Å². The molecule has 1 aliphatic rings. The Hall–Kier alpha value is -2.06. The fraction of sp³-hybridized carbons (Fsp3) is 0.364. The fourth-order valence-corrected chi connectivity index (χ4v) is 3.35. The minimum absolute atomic E-state index is 0.506. The molecule has 0 amide bonds. The SMILES string of the molecule is COc1ccc(C2=CC(NCCCc3ccccc3)CCC2)cc1. The van der Waals surface area contributed by atoms with E-state index in [2.05, 4.69) is 53.9 Å². The number of rotatable bonds is 7. The zero-order valence-corrected chi connectivity index (χ0v) is 14.5. The van der Waals surface area contributed by atoms with E-state index in [0.717, 1.165) is 18.7 Å². The van der Waals surface area contributed by atoms with E-state index in [1.54, 1.807) is 7.11 Å². The van der Waals surface area contributed by atoms with Gasteiger partial charge in [-0.3, -0.25) is 0 Å². The van der Waals surface area contributed by atoms with Gasteiger partial charge in [-0.05, 0) is 67.5 Å². The topological polar surface area (TPSA) is 21.3 Å². The Labute approximate surface area is 145 Å². The van der Waals surface area contributed by atoms with Crippen LogP contribution in [0.5, 0.6) is 5.75 Å². The summed E-state index contributed by atoms with van der Waals surface area (Å²) >= 11 is 0. The first-order valence-electron chi connectivity index (χ1n) is 8.97. The summed E-state index contributed by atoms with van der Waals surface area (Å²) in [4.78, 5) is 0. The Morgan fingerprint density at radius 3 is 2.58 bits per heavy atom. The predicted octanol–water partition coefficient (Wildman–Crippen LogP) is 4.85. The van der Waals surface area contributed by atoms with Gasteiger partial charge in [-0.2, -0.15) is 0 Å². The minimum atomic E-state index is 0.506. The van der Waals surface area contributed by atoms with Gasteiger partial charge >= 0.3 is 0 Å². The van der Waals surface area contributed by atoms with Crippen LogP contribution in [0.15, 0.2) is 60.7 Å². The molecule has 1 atom stereocenters. The van der Waals surface area contributed by atoms with Gasteiger partial charge in [0.05, 0.1) is 7.11 Å². The molecule has 3 rings (SSSR count). The number of aryl methyl sites for hydroxylation is 1.